The van der Waals surface area contributed by atoms with Crippen LogP contribution in [0.3, 0.4) is 0 Å². The predicted molar refractivity (Wildman–Crippen MR) is 84.7 cm³/mol. The van der Waals surface area contributed by atoms with Gasteiger partial charge < -0.3 is 10.1 Å². The first-order valence-corrected chi connectivity index (χ1v) is 7.23. The zero-order valence-corrected chi connectivity index (χ0v) is 13.3. The lowest BCUT2D eigenvalue weighted by Gasteiger charge is -2.09. The van der Waals surface area contributed by atoms with Crippen LogP contribution in [0.4, 0.5) is 5.69 Å². The van der Waals surface area contributed by atoms with Crippen LogP contribution in [0.2, 0.25) is 10.0 Å². The van der Waals surface area contributed by atoms with Gasteiger partial charge in [0, 0.05) is 21.2 Å². The van der Waals surface area contributed by atoms with Gasteiger partial charge in [-0.3, -0.25) is 4.79 Å². The number of benzene rings is 2. The van der Waals surface area contributed by atoms with Crippen LogP contribution in [0.5, 0.6) is 5.75 Å². The average Bonchev–Trinajstić information content (AvgIpc) is 2.40. The number of anilines is 1. The molecule has 0 aliphatic heterocycles. The molecular formula is C14H10BrCl2NO2. The molecular weight excluding hydrogens is 365 g/mol. The Morgan fingerprint density at radius 1 is 1.20 bits per heavy atom. The fourth-order valence-corrected chi connectivity index (χ4v) is 2.23. The minimum atomic E-state index is -0.279. The molecule has 0 aliphatic rings. The molecule has 0 radical (unpaired) electrons. The summed E-state index contributed by atoms with van der Waals surface area (Å²) in [7, 11) is 0. The van der Waals surface area contributed by atoms with Gasteiger partial charge in [-0.05, 0) is 30.3 Å². The monoisotopic (exact) mass is 373 g/mol. The number of carbonyl (C=O) groups is 1. The third kappa shape index (κ3) is 4.40. The van der Waals surface area contributed by atoms with E-state index >= 15 is 0 Å². The minimum absolute atomic E-state index is 0.146. The predicted octanol–water partition coefficient (Wildman–Crippen LogP) is 4.77. The van der Waals surface area contributed by atoms with Gasteiger partial charge in [0.2, 0.25) is 0 Å². The van der Waals surface area contributed by atoms with Crippen molar-refractivity contribution < 1.29 is 9.53 Å². The molecule has 0 aliphatic carbocycles. The van der Waals surface area contributed by atoms with Crippen molar-refractivity contribution in [3.8, 4) is 5.75 Å². The fourth-order valence-electron chi connectivity index (χ4n) is 1.49. The highest BCUT2D eigenvalue weighted by Gasteiger charge is 2.07. The number of hydrogen-bond donors (Lipinski definition) is 1. The van der Waals surface area contributed by atoms with E-state index in [1.807, 2.05) is 12.1 Å². The Balaban J connectivity index is 1.94. The molecule has 0 saturated carbocycles. The molecule has 0 fully saturated rings. The van der Waals surface area contributed by atoms with Crippen molar-refractivity contribution in [2.45, 2.75) is 0 Å². The molecule has 6 heteroatoms. The van der Waals surface area contributed by atoms with Gasteiger partial charge >= 0.3 is 0 Å². The zero-order chi connectivity index (χ0) is 14.5. The topological polar surface area (TPSA) is 38.3 Å². The van der Waals surface area contributed by atoms with Crippen LogP contribution in [-0.4, -0.2) is 12.5 Å². The van der Waals surface area contributed by atoms with E-state index in [2.05, 4.69) is 21.2 Å². The van der Waals surface area contributed by atoms with Crippen LogP contribution in [0.25, 0.3) is 0 Å². The Kier molecular flexibility index (Phi) is 5.29. The van der Waals surface area contributed by atoms with E-state index in [9.17, 15) is 4.79 Å². The van der Waals surface area contributed by atoms with Crippen molar-refractivity contribution in [3.05, 3.63) is 57.0 Å². The molecule has 2 aromatic rings. The van der Waals surface area contributed by atoms with Gasteiger partial charge in [0.25, 0.3) is 5.91 Å². The second-order valence-corrected chi connectivity index (χ2v) is 5.68. The van der Waals surface area contributed by atoms with E-state index in [0.29, 0.717) is 21.5 Å². The van der Waals surface area contributed by atoms with E-state index in [1.165, 1.54) is 0 Å². The first kappa shape index (κ1) is 15.2. The lowest BCUT2D eigenvalue weighted by molar-refractivity contribution is -0.118. The van der Waals surface area contributed by atoms with E-state index < -0.39 is 0 Å². The minimum Gasteiger partial charge on any atom is -0.482 e. The molecule has 0 aromatic heterocycles. The molecule has 104 valence electrons. The van der Waals surface area contributed by atoms with Gasteiger partial charge in [-0.25, -0.2) is 0 Å². The van der Waals surface area contributed by atoms with Crippen LogP contribution in [0, 0.1) is 0 Å². The Morgan fingerprint density at radius 2 is 2.00 bits per heavy atom. The SMILES string of the molecule is O=C(COc1cc(Cl)ccc1Cl)Nc1cccc(Br)c1. The standard InChI is InChI=1S/C14H10BrCl2NO2/c15-9-2-1-3-11(6-9)18-14(19)8-20-13-7-10(16)4-5-12(13)17/h1-7H,8H2,(H,18,19). The van der Waals surface area contributed by atoms with Crippen molar-refractivity contribution in [2.75, 3.05) is 11.9 Å². The normalized spacial score (nSPS) is 10.2. The van der Waals surface area contributed by atoms with Crippen molar-refractivity contribution >= 4 is 50.7 Å². The molecule has 0 atom stereocenters. The van der Waals surface area contributed by atoms with E-state index in [-0.39, 0.29) is 12.5 Å². The number of carbonyl (C=O) groups excluding carboxylic acids is 1. The highest BCUT2D eigenvalue weighted by atomic mass is 79.9. The smallest absolute Gasteiger partial charge is 0.262 e. The number of amides is 1. The first-order valence-electron chi connectivity index (χ1n) is 5.68. The highest BCUT2D eigenvalue weighted by molar-refractivity contribution is 9.10. The molecule has 0 spiro atoms. The van der Waals surface area contributed by atoms with E-state index in [0.717, 1.165) is 4.47 Å². The van der Waals surface area contributed by atoms with Crippen molar-refractivity contribution in [1.29, 1.82) is 0 Å². The quantitative estimate of drug-likeness (QED) is 0.836. The largest absolute Gasteiger partial charge is 0.482 e. The van der Waals surface area contributed by atoms with Gasteiger partial charge in [0.15, 0.2) is 6.61 Å². The molecule has 20 heavy (non-hydrogen) atoms. The number of nitrogens with one attached hydrogen (secondary N) is 1. The summed E-state index contributed by atoms with van der Waals surface area (Å²) in [5, 5.41) is 3.62. The van der Waals surface area contributed by atoms with Gasteiger partial charge in [-0.2, -0.15) is 0 Å². The number of hydrogen-bond acceptors (Lipinski definition) is 2. The number of ether oxygens (including phenoxy) is 1. The average molecular weight is 375 g/mol. The maximum Gasteiger partial charge on any atom is 0.262 e. The zero-order valence-electron chi connectivity index (χ0n) is 10.2. The highest BCUT2D eigenvalue weighted by Crippen LogP contribution is 2.27. The van der Waals surface area contributed by atoms with Crippen LogP contribution in [0.15, 0.2) is 46.9 Å². The maximum atomic E-state index is 11.8. The Morgan fingerprint density at radius 3 is 2.75 bits per heavy atom. The summed E-state index contributed by atoms with van der Waals surface area (Å²) >= 11 is 15.1. The molecule has 0 heterocycles. The maximum absolute atomic E-state index is 11.8. The molecule has 0 unspecified atom stereocenters. The summed E-state index contributed by atoms with van der Waals surface area (Å²) in [6.07, 6.45) is 0. The Bertz CT molecular complexity index is 634. The number of rotatable bonds is 4. The summed E-state index contributed by atoms with van der Waals surface area (Å²) in [5.41, 5.74) is 0.685. The van der Waals surface area contributed by atoms with E-state index in [1.54, 1.807) is 30.3 Å². The van der Waals surface area contributed by atoms with Crippen molar-refractivity contribution in [2.24, 2.45) is 0 Å². The van der Waals surface area contributed by atoms with Gasteiger partial charge in [-0.1, -0.05) is 45.2 Å². The second-order valence-electron chi connectivity index (χ2n) is 3.92. The molecule has 0 bridgehead atoms. The summed E-state index contributed by atoms with van der Waals surface area (Å²) in [5.74, 6) is 0.0997. The first-order chi connectivity index (χ1) is 9.54. The summed E-state index contributed by atoms with van der Waals surface area (Å²) < 4.78 is 6.23. The molecule has 2 rings (SSSR count). The molecule has 0 saturated heterocycles. The van der Waals surface area contributed by atoms with Crippen molar-refractivity contribution in [3.63, 3.8) is 0 Å². The number of halogens is 3. The summed E-state index contributed by atoms with van der Waals surface area (Å²) in [4.78, 5) is 11.8. The fraction of sp³-hybridized carbons (Fsp3) is 0.0714. The van der Waals surface area contributed by atoms with Crippen LogP contribution in [-0.2, 0) is 4.79 Å². The van der Waals surface area contributed by atoms with Crippen LogP contribution in [0.1, 0.15) is 0 Å². The third-order valence-corrected chi connectivity index (χ3v) is 3.40. The Labute approximate surface area is 135 Å². The Hall–Kier alpha value is -1.23. The van der Waals surface area contributed by atoms with Crippen molar-refractivity contribution in [1.82, 2.24) is 0 Å². The summed E-state index contributed by atoms with van der Waals surface area (Å²) in [6, 6.07) is 12.1. The molecule has 1 amide bonds. The summed E-state index contributed by atoms with van der Waals surface area (Å²) in [6.45, 7) is -0.146. The van der Waals surface area contributed by atoms with Crippen LogP contribution < -0.4 is 10.1 Å². The van der Waals surface area contributed by atoms with Gasteiger partial charge in [-0.15, -0.1) is 0 Å². The van der Waals surface area contributed by atoms with Crippen LogP contribution >= 0.6 is 39.1 Å². The second kappa shape index (κ2) is 6.97. The lowest BCUT2D eigenvalue weighted by Crippen LogP contribution is -2.20. The molecule has 3 nitrogen and oxygen atoms in total. The lowest BCUT2D eigenvalue weighted by atomic mass is 10.3. The molecule has 1 N–H and O–H groups in total. The van der Waals surface area contributed by atoms with Gasteiger partial charge in [0.1, 0.15) is 5.75 Å². The molecule has 2 aromatic carbocycles. The van der Waals surface area contributed by atoms with Gasteiger partial charge in [0.05, 0.1) is 5.02 Å². The van der Waals surface area contributed by atoms with E-state index in [4.69, 9.17) is 27.9 Å². The third-order valence-electron chi connectivity index (χ3n) is 2.36.